The third-order valence-electron chi connectivity index (χ3n) is 4.35. The number of hydrogen-bond donors (Lipinski definition) is 3. The van der Waals surface area contributed by atoms with Crippen molar-refractivity contribution in [3.05, 3.63) is 11.8 Å². The Balaban J connectivity index is 1.63. The quantitative estimate of drug-likeness (QED) is 0.695. The zero-order valence-corrected chi connectivity index (χ0v) is 12.3. The third kappa shape index (κ3) is 3.54. The van der Waals surface area contributed by atoms with Crippen molar-refractivity contribution in [1.29, 1.82) is 0 Å². The van der Waals surface area contributed by atoms with E-state index in [2.05, 4.69) is 31.4 Å². The van der Waals surface area contributed by atoms with E-state index in [9.17, 15) is 4.79 Å². The molecule has 1 aromatic rings. The molecule has 21 heavy (non-hydrogen) atoms. The molecule has 3 heterocycles. The Kier molecular flexibility index (Phi) is 4.40. The summed E-state index contributed by atoms with van der Waals surface area (Å²) in [7, 11) is 0. The lowest BCUT2D eigenvalue weighted by Gasteiger charge is -2.31. The number of piperazine rings is 1. The number of carbonyl (C=O) groups is 1. The Morgan fingerprint density at radius 3 is 2.95 bits per heavy atom. The summed E-state index contributed by atoms with van der Waals surface area (Å²) in [5.41, 5.74) is 6.47. The van der Waals surface area contributed by atoms with Gasteiger partial charge in [0.05, 0.1) is 6.54 Å². The molecule has 2 aliphatic rings. The Bertz CT molecular complexity index is 482. The van der Waals surface area contributed by atoms with Crippen LogP contribution in [0.2, 0.25) is 0 Å². The van der Waals surface area contributed by atoms with Crippen molar-refractivity contribution in [3.8, 4) is 0 Å². The normalized spacial score (nSPS) is 24.2. The number of aromatic amines is 1. The van der Waals surface area contributed by atoms with E-state index < -0.39 is 0 Å². The van der Waals surface area contributed by atoms with E-state index in [1.807, 2.05) is 0 Å². The van der Waals surface area contributed by atoms with E-state index in [4.69, 9.17) is 5.73 Å². The van der Waals surface area contributed by atoms with Crippen molar-refractivity contribution in [2.24, 2.45) is 5.73 Å². The highest BCUT2D eigenvalue weighted by Gasteiger charge is 2.24. The number of H-pyrrole nitrogens is 1. The predicted octanol–water partition coefficient (Wildman–Crippen LogP) is -0.516. The van der Waals surface area contributed by atoms with Gasteiger partial charge < -0.3 is 16.0 Å². The lowest BCUT2D eigenvalue weighted by Crippen LogP contribution is -2.43. The highest BCUT2D eigenvalue weighted by atomic mass is 16.1. The minimum absolute atomic E-state index is 0.248. The van der Waals surface area contributed by atoms with Gasteiger partial charge in [0.2, 0.25) is 5.91 Å². The fourth-order valence-corrected chi connectivity index (χ4v) is 3.26. The number of aromatic nitrogens is 2. The lowest BCUT2D eigenvalue weighted by atomic mass is 9.95. The smallest absolute Gasteiger partial charge is 0.231 e. The van der Waals surface area contributed by atoms with Crippen molar-refractivity contribution >= 4 is 11.7 Å². The average Bonchev–Trinajstić information content (AvgIpc) is 2.98. The first kappa shape index (κ1) is 14.3. The lowest BCUT2D eigenvalue weighted by molar-refractivity contribution is -0.119. The molecule has 3 rings (SSSR count). The second-order valence-electron chi connectivity index (χ2n) is 5.96. The molecule has 0 bridgehead atoms. The van der Waals surface area contributed by atoms with Crippen LogP contribution in [0.25, 0.3) is 0 Å². The summed E-state index contributed by atoms with van der Waals surface area (Å²) in [6, 6.07) is 2.17. The summed E-state index contributed by atoms with van der Waals surface area (Å²) in [5, 5.41) is 11.0. The van der Waals surface area contributed by atoms with Crippen LogP contribution in [-0.4, -0.2) is 66.8 Å². The Labute approximate surface area is 124 Å². The molecule has 0 aromatic carbocycles. The summed E-state index contributed by atoms with van der Waals surface area (Å²) in [5.74, 6) is 1.21. The maximum atomic E-state index is 11.1. The van der Waals surface area contributed by atoms with Gasteiger partial charge in [0.1, 0.15) is 0 Å². The molecule has 7 nitrogen and oxygen atoms in total. The Morgan fingerprint density at radius 1 is 1.38 bits per heavy atom. The van der Waals surface area contributed by atoms with Gasteiger partial charge in [0.25, 0.3) is 0 Å². The van der Waals surface area contributed by atoms with Crippen LogP contribution in [0.15, 0.2) is 6.07 Å². The molecule has 0 radical (unpaired) electrons. The predicted molar refractivity (Wildman–Crippen MR) is 81.3 cm³/mol. The van der Waals surface area contributed by atoms with Crippen molar-refractivity contribution < 1.29 is 4.79 Å². The molecular formula is C14H24N6O. The van der Waals surface area contributed by atoms with Crippen LogP contribution < -0.4 is 16.0 Å². The van der Waals surface area contributed by atoms with Crippen LogP contribution in [-0.2, 0) is 4.79 Å². The summed E-state index contributed by atoms with van der Waals surface area (Å²) < 4.78 is 0. The summed E-state index contributed by atoms with van der Waals surface area (Å²) in [4.78, 5) is 15.5. The van der Waals surface area contributed by atoms with Crippen LogP contribution in [0.1, 0.15) is 24.5 Å². The zero-order valence-electron chi connectivity index (χ0n) is 12.3. The first-order valence-electron chi connectivity index (χ1n) is 7.74. The minimum atomic E-state index is -0.248. The van der Waals surface area contributed by atoms with Crippen molar-refractivity contribution in [1.82, 2.24) is 20.4 Å². The maximum absolute atomic E-state index is 11.1. The zero-order chi connectivity index (χ0) is 14.7. The van der Waals surface area contributed by atoms with E-state index in [0.717, 1.165) is 57.9 Å². The third-order valence-corrected chi connectivity index (χ3v) is 4.35. The molecule has 2 saturated heterocycles. The number of hydrogen-bond acceptors (Lipinski definition) is 5. The van der Waals surface area contributed by atoms with Gasteiger partial charge in [-0.2, -0.15) is 5.10 Å². The van der Waals surface area contributed by atoms with Gasteiger partial charge in [0.15, 0.2) is 5.82 Å². The number of carbonyl (C=O) groups excluding carboxylic acids is 1. The average molecular weight is 292 g/mol. The standard InChI is InChI=1S/C14H24N6O/c15-13(21)10-19-5-1-2-11(9-19)12-8-14(18-17-12)20-6-3-16-4-7-20/h8,11,16H,1-7,9-10H2,(H2,15,21)(H,17,18). The topological polar surface area (TPSA) is 90.3 Å². The number of amides is 1. The highest BCUT2D eigenvalue weighted by Crippen LogP contribution is 2.27. The molecule has 1 amide bonds. The summed E-state index contributed by atoms with van der Waals surface area (Å²) >= 11 is 0. The van der Waals surface area contributed by atoms with Crippen LogP contribution in [0.3, 0.4) is 0 Å². The largest absolute Gasteiger partial charge is 0.369 e. The molecule has 7 heteroatoms. The molecule has 1 unspecified atom stereocenters. The fraction of sp³-hybridized carbons (Fsp3) is 0.714. The molecule has 0 aliphatic carbocycles. The fourth-order valence-electron chi connectivity index (χ4n) is 3.26. The van der Waals surface area contributed by atoms with E-state index in [1.165, 1.54) is 5.69 Å². The van der Waals surface area contributed by atoms with Gasteiger partial charge >= 0.3 is 0 Å². The van der Waals surface area contributed by atoms with Crippen LogP contribution in [0.5, 0.6) is 0 Å². The van der Waals surface area contributed by atoms with Crippen LogP contribution in [0.4, 0.5) is 5.82 Å². The molecule has 4 N–H and O–H groups in total. The second-order valence-corrected chi connectivity index (χ2v) is 5.96. The van der Waals surface area contributed by atoms with Crippen molar-refractivity contribution in [2.45, 2.75) is 18.8 Å². The van der Waals surface area contributed by atoms with Gasteiger partial charge in [-0.3, -0.25) is 14.8 Å². The molecule has 0 spiro atoms. The number of anilines is 1. The summed E-state index contributed by atoms with van der Waals surface area (Å²) in [6.45, 7) is 6.22. The van der Waals surface area contributed by atoms with Crippen molar-refractivity contribution in [3.63, 3.8) is 0 Å². The molecule has 2 fully saturated rings. The van der Waals surface area contributed by atoms with E-state index in [0.29, 0.717) is 12.5 Å². The first-order valence-corrected chi connectivity index (χ1v) is 7.74. The minimum Gasteiger partial charge on any atom is -0.369 e. The molecule has 0 saturated carbocycles. The SMILES string of the molecule is NC(=O)CN1CCCC(c2cc(N3CCNCC3)n[nH]2)C1. The van der Waals surface area contributed by atoms with Gasteiger partial charge in [-0.15, -0.1) is 0 Å². The Hall–Kier alpha value is -1.60. The second kappa shape index (κ2) is 6.44. The number of nitrogens with one attached hydrogen (secondary N) is 2. The van der Waals surface area contributed by atoms with E-state index in [-0.39, 0.29) is 5.91 Å². The molecular weight excluding hydrogens is 268 g/mol. The van der Waals surface area contributed by atoms with Gasteiger partial charge in [0, 0.05) is 50.4 Å². The molecule has 1 aromatic heterocycles. The van der Waals surface area contributed by atoms with Crippen molar-refractivity contribution in [2.75, 3.05) is 50.7 Å². The summed E-state index contributed by atoms with van der Waals surface area (Å²) in [6.07, 6.45) is 2.23. The monoisotopic (exact) mass is 292 g/mol. The van der Waals surface area contributed by atoms with Gasteiger partial charge in [-0.1, -0.05) is 0 Å². The highest BCUT2D eigenvalue weighted by molar-refractivity contribution is 5.75. The van der Waals surface area contributed by atoms with Crippen LogP contribution >= 0.6 is 0 Å². The Morgan fingerprint density at radius 2 is 2.19 bits per heavy atom. The molecule has 1 atom stereocenters. The molecule has 2 aliphatic heterocycles. The maximum Gasteiger partial charge on any atom is 0.231 e. The number of nitrogens with two attached hydrogens (primary N) is 1. The van der Waals surface area contributed by atoms with Gasteiger partial charge in [-0.25, -0.2) is 0 Å². The number of likely N-dealkylation sites (tertiary alicyclic amines) is 1. The number of piperidine rings is 1. The van der Waals surface area contributed by atoms with Crippen LogP contribution in [0, 0.1) is 0 Å². The number of rotatable bonds is 4. The molecule has 116 valence electrons. The number of primary amides is 1. The van der Waals surface area contributed by atoms with E-state index in [1.54, 1.807) is 0 Å². The van der Waals surface area contributed by atoms with Gasteiger partial charge in [-0.05, 0) is 19.4 Å². The number of nitrogens with zero attached hydrogens (tertiary/aromatic N) is 3. The van der Waals surface area contributed by atoms with E-state index >= 15 is 0 Å². The first-order chi connectivity index (χ1) is 10.2.